The Morgan fingerprint density at radius 2 is 1.92 bits per heavy atom. The number of anilines is 1. The first-order valence-electron chi connectivity index (χ1n) is 4.28. The maximum Gasteiger partial charge on any atom is 0.0372 e. The zero-order valence-corrected chi connectivity index (χ0v) is 6.64. The summed E-state index contributed by atoms with van der Waals surface area (Å²) in [7, 11) is 0. The van der Waals surface area contributed by atoms with Gasteiger partial charge in [0.05, 0.1) is 0 Å². The van der Waals surface area contributed by atoms with Crippen LogP contribution in [0.4, 0.5) is 5.69 Å². The van der Waals surface area contributed by atoms with Crippen molar-refractivity contribution in [1.82, 2.24) is 0 Å². The van der Waals surface area contributed by atoms with Crippen LogP contribution in [0.3, 0.4) is 0 Å². The Hall–Kier alpha value is 0.0200. The summed E-state index contributed by atoms with van der Waals surface area (Å²) in [4.78, 5) is 0. The summed E-state index contributed by atoms with van der Waals surface area (Å²) >= 11 is 0. The van der Waals surface area contributed by atoms with E-state index in [4.69, 9.17) is 0 Å². The van der Waals surface area contributed by atoms with E-state index in [1.807, 2.05) is 0 Å². The van der Waals surface area contributed by atoms with Gasteiger partial charge in [-0.2, -0.15) is 0 Å². The van der Waals surface area contributed by atoms with E-state index in [1.165, 1.54) is 30.5 Å². The molecule has 1 heterocycles. The zero-order valence-electron chi connectivity index (χ0n) is 6.64. The standard InChI is InChI=1S/C10H13N.Na.H/c1-2-7-10-9(5-1)6-3-4-8-11-10;;/h1-2,5,7,11H,3-4,6,8H2;;. The third-order valence-corrected chi connectivity index (χ3v) is 2.21. The molecule has 0 amide bonds. The second-order valence-electron chi connectivity index (χ2n) is 3.04. The molecule has 1 N–H and O–H groups in total. The Balaban J connectivity index is 0.000000720. The van der Waals surface area contributed by atoms with Gasteiger partial charge in [-0.25, -0.2) is 0 Å². The molecule has 1 aliphatic heterocycles. The number of rotatable bonds is 0. The summed E-state index contributed by atoms with van der Waals surface area (Å²) < 4.78 is 0. The molecule has 0 aromatic heterocycles. The predicted molar refractivity (Wildman–Crippen MR) is 55.0 cm³/mol. The van der Waals surface area contributed by atoms with Crippen LogP contribution in [-0.4, -0.2) is 36.1 Å². The summed E-state index contributed by atoms with van der Waals surface area (Å²) in [5.74, 6) is 0. The van der Waals surface area contributed by atoms with E-state index >= 15 is 0 Å². The van der Waals surface area contributed by atoms with Crippen molar-refractivity contribution >= 4 is 35.2 Å². The summed E-state index contributed by atoms with van der Waals surface area (Å²) in [5, 5.41) is 3.43. The van der Waals surface area contributed by atoms with Gasteiger partial charge < -0.3 is 5.32 Å². The average molecular weight is 171 g/mol. The van der Waals surface area contributed by atoms with Crippen LogP contribution in [0.25, 0.3) is 0 Å². The first-order valence-corrected chi connectivity index (χ1v) is 4.28. The normalized spacial score (nSPS) is 15.0. The number of benzene rings is 1. The smallest absolute Gasteiger partial charge is 0.0372 e. The van der Waals surface area contributed by atoms with Gasteiger partial charge in [0, 0.05) is 12.2 Å². The number of hydrogen-bond acceptors (Lipinski definition) is 1. The first-order chi connectivity index (χ1) is 5.47. The average Bonchev–Trinajstić information content (AvgIpc) is 2.28. The van der Waals surface area contributed by atoms with Crippen molar-refractivity contribution in [3.05, 3.63) is 29.8 Å². The van der Waals surface area contributed by atoms with Gasteiger partial charge in [0.2, 0.25) is 0 Å². The molecule has 0 bridgehead atoms. The summed E-state index contributed by atoms with van der Waals surface area (Å²) in [5.41, 5.74) is 2.81. The van der Waals surface area contributed by atoms with E-state index in [0.717, 1.165) is 6.54 Å². The zero-order chi connectivity index (χ0) is 7.52. The van der Waals surface area contributed by atoms with Crippen LogP contribution in [-0.2, 0) is 6.42 Å². The van der Waals surface area contributed by atoms with Gasteiger partial charge in [0.1, 0.15) is 0 Å². The molecule has 2 heteroatoms. The molecule has 0 radical (unpaired) electrons. The molecule has 0 aliphatic carbocycles. The van der Waals surface area contributed by atoms with E-state index < -0.39 is 0 Å². The van der Waals surface area contributed by atoms with Crippen LogP contribution in [0.2, 0.25) is 0 Å². The molecule has 1 aromatic rings. The Morgan fingerprint density at radius 1 is 1.08 bits per heavy atom. The molecule has 2 rings (SSSR count). The number of hydrogen-bond donors (Lipinski definition) is 1. The molecule has 1 aromatic carbocycles. The van der Waals surface area contributed by atoms with Crippen LogP contribution in [0.1, 0.15) is 18.4 Å². The van der Waals surface area contributed by atoms with Gasteiger partial charge in [-0.1, -0.05) is 18.2 Å². The van der Waals surface area contributed by atoms with Crippen molar-refractivity contribution in [2.75, 3.05) is 11.9 Å². The van der Waals surface area contributed by atoms with Crippen molar-refractivity contribution in [2.24, 2.45) is 0 Å². The maximum atomic E-state index is 3.43. The minimum absolute atomic E-state index is 0. The van der Waals surface area contributed by atoms with Gasteiger partial charge in [0.25, 0.3) is 0 Å². The van der Waals surface area contributed by atoms with E-state index in [1.54, 1.807) is 0 Å². The topological polar surface area (TPSA) is 12.0 Å². The molecular weight excluding hydrogens is 157 g/mol. The van der Waals surface area contributed by atoms with E-state index in [0.29, 0.717) is 0 Å². The van der Waals surface area contributed by atoms with Crippen molar-refractivity contribution in [3.63, 3.8) is 0 Å². The van der Waals surface area contributed by atoms with Crippen molar-refractivity contribution in [2.45, 2.75) is 19.3 Å². The van der Waals surface area contributed by atoms with Crippen molar-refractivity contribution in [3.8, 4) is 0 Å². The molecule has 0 spiro atoms. The van der Waals surface area contributed by atoms with Crippen molar-refractivity contribution < 1.29 is 0 Å². The fourth-order valence-electron chi connectivity index (χ4n) is 1.57. The number of para-hydroxylation sites is 1. The molecule has 1 nitrogen and oxygen atoms in total. The van der Waals surface area contributed by atoms with Gasteiger partial charge in [-0.3, -0.25) is 0 Å². The SMILES string of the molecule is [NaH].c1ccc2c(c1)CCCCN2. The largest absolute Gasteiger partial charge is 0.385 e. The first kappa shape index (κ1) is 10.1. The molecule has 1 aliphatic rings. The Kier molecular flexibility index (Phi) is 4.13. The fraction of sp³-hybridized carbons (Fsp3) is 0.400. The molecule has 60 valence electrons. The van der Waals surface area contributed by atoms with Crippen molar-refractivity contribution in [1.29, 1.82) is 0 Å². The third kappa shape index (κ3) is 2.25. The summed E-state index contributed by atoms with van der Waals surface area (Å²) in [6.45, 7) is 1.14. The number of nitrogens with one attached hydrogen (secondary N) is 1. The fourth-order valence-corrected chi connectivity index (χ4v) is 1.57. The Bertz CT molecular complexity index is 222. The minimum atomic E-state index is 0. The molecule has 0 saturated carbocycles. The van der Waals surface area contributed by atoms with Crippen LogP contribution in [0, 0.1) is 0 Å². The van der Waals surface area contributed by atoms with Gasteiger partial charge in [0.15, 0.2) is 0 Å². The molecule has 0 fully saturated rings. The molecule has 0 saturated heterocycles. The predicted octanol–water partition coefficient (Wildman–Crippen LogP) is 1.79. The van der Waals surface area contributed by atoms with E-state index in [-0.39, 0.29) is 29.6 Å². The molecule has 0 atom stereocenters. The molecule has 12 heavy (non-hydrogen) atoms. The Morgan fingerprint density at radius 3 is 2.83 bits per heavy atom. The third-order valence-electron chi connectivity index (χ3n) is 2.21. The quantitative estimate of drug-likeness (QED) is 0.587. The molecular formula is C10H14NNa. The summed E-state index contributed by atoms with van der Waals surface area (Å²) in [6.07, 6.45) is 3.86. The van der Waals surface area contributed by atoms with Gasteiger partial charge >= 0.3 is 29.6 Å². The van der Waals surface area contributed by atoms with Gasteiger partial charge in [-0.15, -0.1) is 0 Å². The van der Waals surface area contributed by atoms with Crippen LogP contribution < -0.4 is 5.32 Å². The van der Waals surface area contributed by atoms with E-state index in [2.05, 4.69) is 29.6 Å². The van der Waals surface area contributed by atoms with Crippen LogP contribution >= 0.6 is 0 Å². The number of fused-ring (bicyclic) bond motifs is 1. The summed E-state index contributed by atoms with van der Waals surface area (Å²) in [6, 6.07) is 8.59. The van der Waals surface area contributed by atoms with Gasteiger partial charge in [-0.05, 0) is 30.9 Å². The van der Waals surface area contributed by atoms with E-state index in [9.17, 15) is 0 Å². The van der Waals surface area contributed by atoms with Crippen LogP contribution in [0.5, 0.6) is 0 Å². The maximum absolute atomic E-state index is 3.43. The second kappa shape index (κ2) is 4.90. The van der Waals surface area contributed by atoms with Crippen LogP contribution in [0.15, 0.2) is 24.3 Å². The second-order valence-corrected chi connectivity index (χ2v) is 3.04. The minimum Gasteiger partial charge on any atom is -0.385 e. The molecule has 0 unspecified atom stereocenters. The number of aryl methyl sites for hydroxylation is 1. The monoisotopic (exact) mass is 171 g/mol. The Labute approximate surface area is 95.8 Å².